The second-order valence-corrected chi connectivity index (χ2v) is 10.6. The number of nitrogens with one attached hydrogen (secondary N) is 2. The number of rotatable bonds is 8. The van der Waals surface area contributed by atoms with E-state index >= 15 is 0 Å². The van der Waals surface area contributed by atoms with Gasteiger partial charge in [-0.3, -0.25) is 9.59 Å². The Bertz CT molecular complexity index is 1010. The molecule has 4 bridgehead atoms. The number of ether oxygens (including phenoxy) is 2. The van der Waals surface area contributed by atoms with Gasteiger partial charge in [-0.05, 0) is 105 Å². The lowest BCUT2D eigenvalue weighted by Crippen LogP contribution is -2.55. The van der Waals surface area contributed by atoms with Crippen LogP contribution in [0.1, 0.15) is 55.8 Å². The summed E-state index contributed by atoms with van der Waals surface area (Å²) >= 11 is 0. The average molecular weight is 463 g/mol. The van der Waals surface area contributed by atoms with Crippen LogP contribution in [0.2, 0.25) is 0 Å². The van der Waals surface area contributed by atoms with Crippen LogP contribution < -0.4 is 20.1 Å². The molecule has 0 heterocycles. The van der Waals surface area contributed by atoms with Gasteiger partial charge in [0.1, 0.15) is 11.5 Å². The lowest BCUT2D eigenvalue weighted by Gasteiger charge is -2.59. The zero-order valence-electron chi connectivity index (χ0n) is 20.0. The number of carbonyl (C=O) groups is 2. The van der Waals surface area contributed by atoms with Crippen molar-refractivity contribution in [3.63, 3.8) is 0 Å². The van der Waals surface area contributed by atoms with Crippen molar-refractivity contribution in [2.45, 2.75) is 51.5 Å². The predicted molar refractivity (Wildman–Crippen MR) is 131 cm³/mol. The summed E-state index contributed by atoms with van der Waals surface area (Å²) in [5, 5.41) is 6.09. The minimum absolute atomic E-state index is 0.0365. The van der Waals surface area contributed by atoms with Gasteiger partial charge < -0.3 is 20.1 Å². The normalized spacial score (nSPS) is 27.6. The predicted octanol–water partition coefficient (Wildman–Crippen LogP) is 5.05. The molecule has 0 saturated heterocycles. The molecule has 4 aliphatic rings. The van der Waals surface area contributed by atoms with Crippen LogP contribution in [0.25, 0.3) is 0 Å². The third-order valence-electron chi connectivity index (χ3n) is 8.19. The third kappa shape index (κ3) is 4.77. The molecule has 2 amide bonds. The Morgan fingerprint density at radius 1 is 0.971 bits per heavy atom. The fraction of sp³-hybridized carbons (Fsp3) is 0.500. The van der Waals surface area contributed by atoms with E-state index in [9.17, 15) is 9.59 Å². The van der Waals surface area contributed by atoms with Gasteiger partial charge in [0.25, 0.3) is 11.8 Å². The van der Waals surface area contributed by atoms with Crippen molar-refractivity contribution < 1.29 is 19.1 Å². The molecule has 0 aromatic heterocycles. The third-order valence-corrected chi connectivity index (χ3v) is 8.19. The van der Waals surface area contributed by atoms with Gasteiger partial charge in [0.15, 0.2) is 6.61 Å². The van der Waals surface area contributed by atoms with E-state index in [4.69, 9.17) is 9.47 Å². The molecule has 180 valence electrons. The van der Waals surface area contributed by atoms with Crippen molar-refractivity contribution in [1.29, 1.82) is 0 Å². The van der Waals surface area contributed by atoms with Crippen molar-refractivity contribution in [2.24, 2.45) is 23.2 Å². The smallest absolute Gasteiger partial charge is 0.262 e. The topological polar surface area (TPSA) is 76.7 Å². The molecule has 2 N–H and O–H groups in total. The minimum atomic E-state index is -0.264. The Morgan fingerprint density at radius 3 is 2.24 bits per heavy atom. The number of hydrogen-bond acceptors (Lipinski definition) is 4. The molecule has 0 spiro atoms. The van der Waals surface area contributed by atoms with E-state index in [1.165, 1.54) is 38.5 Å². The van der Waals surface area contributed by atoms with Gasteiger partial charge in [0.2, 0.25) is 0 Å². The van der Waals surface area contributed by atoms with E-state index in [0.717, 1.165) is 17.8 Å². The first-order valence-electron chi connectivity index (χ1n) is 12.4. The standard InChI is InChI=1S/C28H34N2O4/c1-18(28-14-19-10-20(15-28)12-21(11-19)16-28)29-27(32)22-6-8-24(9-7-22)34-17-26(31)30-23-4-3-5-25(13-23)33-2/h3-9,13,18-21H,10-12,14-17H2,1-2H3,(H,29,32)(H,30,31). The van der Waals surface area contributed by atoms with E-state index in [1.54, 1.807) is 43.5 Å². The maximum atomic E-state index is 13.0. The van der Waals surface area contributed by atoms with E-state index in [2.05, 4.69) is 17.6 Å². The first-order chi connectivity index (χ1) is 16.4. The molecule has 1 unspecified atom stereocenters. The molecule has 6 rings (SSSR count). The average Bonchev–Trinajstić information content (AvgIpc) is 2.82. The molecule has 0 radical (unpaired) electrons. The highest BCUT2D eigenvalue weighted by atomic mass is 16.5. The highest BCUT2D eigenvalue weighted by Crippen LogP contribution is 2.61. The van der Waals surface area contributed by atoms with Crippen molar-refractivity contribution in [1.82, 2.24) is 5.32 Å². The highest BCUT2D eigenvalue weighted by molar-refractivity contribution is 5.94. The number of carbonyl (C=O) groups excluding carboxylic acids is 2. The van der Waals surface area contributed by atoms with Gasteiger partial charge in [0.05, 0.1) is 7.11 Å². The van der Waals surface area contributed by atoms with Crippen LogP contribution in [0.3, 0.4) is 0 Å². The van der Waals surface area contributed by atoms with Crippen molar-refractivity contribution >= 4 is 17.5 Å². The van der Waals surface area contributed by atoms with Crippen molar-refractivity contribution in [3.05, 3.63) is 54.1 Å². The van der Waals surface area contributed by atoms with Crippen LogP contribution in [-0.2, 0) is 4.79 Å². The van der Waals surface area contributed by atoms with Gasteiger partial charge in [0, 0.05) is 23.4 Å². The van der Waals surface area contributed by atoms with E-state index in [0.29, 0.717) is 22.7 Å². The molecule has 4 aliphatic carbocycles. The van der Waals surface area contributed by atoms with Crippen molar-refractivity contribution in [3.8, 4) is 11.5 Å². The van der Waals surface area contributed by atoms with Crippen LogP contribution in [0, 0.1) is 23.2 Å². The molecule has 0 aliphatic heterocycles. The number of amides is 2. The van der Waals surface area contributed by atoms with Crippen LogP contribution in [-0.4, -0.2) is 31.6 Å². The Hall–Kier alpha value is -3.02. The maximum Gasteiger partial charge on any atom is 0.262 e. The van der Waals surface area contributed by atoms with Gasteiger partial charge in [-0.25, -0.2) is 0 Å². The summed E-state index contributed by atoms with van der Waals surface area (Å²) in [7, 11) is 1.58. The fourth-order valence-corrected chi connectivity index (χ4v) is 6.89. The number of hydrogen-bond donors (Lipinski definition) is 2. The molecule has 4 saturated carbocycles. The second kappa shape index (κ2) is 9.32. The van der Waals surface area contributed by atoms with Gasteiger partial charge in [-0.1, -0.05) is 6.07 Å². The summed E-state index contributed by atoms with van der Waals surface area (Å²) in [5.41, 5.74) is 1.54. The fourth-order valence-electron chi connectivity index (χ4n) is 6.89. The molecule has 2 aromatic rings. The maximum absolute atomic E-state index is 13.0. The zero-order valence-corrected chi connectivity index (χ0v) is 20.0. The summed E-state index contributed by atoms with van der Waals surface area (Å²) < 4.78 is 10.8. The second-order valence-electron chi connectivity index (χ2n) is 10.6. The largest absolute Gasteiger partial charge is 0.497 e. The molecule has 2 aromatic carbocycles. The highest BCUT2D eigenvalue weighted by Gasteiger charge is 2.53. The first-order valence-corrected chi connectivity index (χ1v) is 12.4. The summed E-state index contributed by atoms with van der Waals surface area (Å²) in [6.45, 7) is 2.08. The molecular formula is C28H34N2O4. The van der Waals surface area contributed by atoms with Crippen LogP contribution in [0.15, 0.2) is 48.5 Å². The quantitative estimate of drug-likeness (QED) is 0.576. The SMILES string of the molecule is COc1cccc(NC(=O)COc2ccc(C(=O)NC(C)C34CC5CC(CC(C5)C3)C4)cc2)c1. The Kier molecular flexibility index (Phi) is 6.24. The van der Waals surface area contributed by atoms with E-state index in [1.807, 2.05) is 12.1 Å². The van der Waals surface area contributed by atoms with Gasteiger partial charge >= 0.3 is 0 Å². The summed E-state index contributed by atoms with van der Waals surface area (Å²) in [4.78, 5) is 25.2. The Balaban J connectivity index is 1.13. The lowest BCUT2D eigenvalue weighted by molar-refractivity contribution is -0.118. The zero-order chi connectivity index (χ0) is 23.7. The number of methoxy groups -OCH3 is 1. The molecule has 1 atom stereocenters. The molecule has 34 heavy (non-hydrogen) atoms. The van der Waals surface area contributed by atoms with Crippen LogP contribution in [0.4, 0.5) is 5.69 Å². The van der Waals surface area contributed by atoms with Gasteiger partial charge in [-0.15, -0.1) is 0 Å². The number of benzene rings is 2. The molecule has 6 nitrogen and oxygen atoms in total. The van der Waals surface area contributed by atoms with Crippen LogP contribution in [0.5, 0.6) is 11.5 Å². The first kappa shape index (κ1) is 22.8. The molecule has 6 heteroatoms. The summed E-state index contributed by atoms with van der Waals surface area (Å²) in [6.07, 6.45) is 8.01. The monoisotopic (exact) mass is 462 g/mol. The Labute approximate surface area is 201 Å². The van der Waals surface area contributed by atoms with E-state index in [-0.39, 0.29) is 29.9 Å². The lowest BCUT2D eigenvalue weighted by atomic mass is 9.48. The van der Waals surface area contributed by atoms with Crippen LogP contribution >= 0.6 is 0 Å². The minimum Gasteiger partial charge on any atom is -0.497 e. The molecular weight excluding hydrogens is 428 g/mol. The summed E-state index contributed by atoms with van der Waals surface area (Å²) in [6, 6.07) is 14.3. The Morgan fingerprint density at radius 2 is 1.62 bits per heavy atom. The van der Waals surface area contributed by atoms with Gasteiger partial charge in [-0.2, -0.15) is 0 Å². The molecule has 4 fully saturated rings. The number of anilines is 1. The van der Waals surface area contributed by atoms with E-state index < -0.39 is 0 Å². The summed E-state index contributed by atoms with van der Waals surface area (Å²) in [5.74, 6) is 3.51. The van der Waals surface area contributed by atoms with Crippen molar-refractivity contribution in [2.75, 3.05) is 19.0 Å².